The average Bonchev–Trinajstić information content (AvgIpc) is 2.51. The number of alkyl carbamates (subject to hydrolysis) is 1. The lowest BCUT2D eigenvalue weighted by Crippen LogP contribution is -2.44. The van der Waals surface area contributed by atoms with E-state index in [9.17, 15) is 14.4 Å². The number of hydrogen-bond donors (Lipinski definition) is 1. The maximum Gasteiger partial charge on any atom is 0.408 e. The summed E-state index contributed by atoms with van der Waals surface area (Å²) in [6.07, 6.45) is -0.516. The van der Waals surface area contributed by atoms with Crippen molar-refractivity contribution < 1.29 is 28.6 Å². The fourth-order valence-corrected chi connectivity index (χ4v) is 1.94. The number of methoxy groups -OCH3 is 1. The lowest BCUT2D eigenvalue weighted by molar-refractivity contribution is -0.143. The summed E-state index contributed by atoms with van der Waals surface area (Å²) >= 11 is 0. The summed E-state index contributed by atoms with van der Waals surface area (Å²) in [5, 5.41) is 2.47. The maximum atomic E-state index is 11.8. The van der Waals surface area contributed by atoms with E-state index in [1.165, 1.54) is 14.0 Å². The van der Waals surface area contributed by atoms with Crippen LogP contribution in [0.4, 0.5) is 4.79 Å². The third-order valence-corrected chi connectivity index (χ3v) is 3.09. The number of nitrogens with one attached hydrogen (secondary N) is 1. The highest BCUT2D eigenvalue weighted by Crippen LogP contribution is 2.14. The quantitative estimate of drug-likeness (QED) is 0.600. The van der Waals surface area contributed by atoms with Gasteiger partial charge in [0.05, 0.1) is 13.7 Å². The summed E-state index contributed by atoms with van der Waals surface area (Å²) in [4.78, 5) is 35.0. The third-order valence-electron chi connectivity index (χ3n) is 3.09. The van der Waals surface area contributed by atoms with Crippen molar-refractivity contribution in [3.05, 3.63) is 29.8 Å². The molecule has 0 heterocycles. The van der Waals surface area contributed by atoms with Crippen LogP contribution in [0, 0.1) is 0 Å². The molecule has 0 fully saturated rings. The second-order valence-corrected chi connectivity index (χ2v) is 6.44. The normalized spacial score (nSPS) is 12.0. The fourth-order valence-electron chi connectivity index (χ4n) is 1.94. The molecule has 1 amide bonds. The van der Waals surface area contributed by atoms with Gasteiger partial charge in [0.25, 0.3) is 0 Å². The molecule has 1 rings (SSSR count). The summed E-state index contributed by atoms with van der Waals surface area (Å²) < 4.78 is 15.4. The Kier molecular flexibility index (Phi) is 7.42. The topological polar surface area (TPSA) is 90.9 Å². The number of amides is 1. The lowest BCUT2D eigenvalue weighted by atomic mass is 10.1. The highest BCUT2D eigenvalue weighted by Gasteiger charge is 2.25. The minimum absolute atomic E-state index is 0.0653. The summed E-state index contributed by atoms with van der Waals surface area (Å²) in [7, 11) is 1.24. The van der Waals surface area contributed by atoms with Crippen LogP contribution in [0.2, 0.25) is 0 Å². The number of carbonyl (C=O) groups excluding carboxylic acids is 3. The predicted octanol–water partition coefficient (Wildman–Crippen LogP) is 2.72. The summed E-state index contributed by atoms with van der Waals surface area (Å²) in [5.41, 5.74) is -0.136. The van der Waals surface area contributed by atoms with Gasteiger partial charge in [0, 0.05) is 12.0 Å². The lowest BCUT2D eigenvalue weighted by Gasteiger charge is -2.22. The number of rotatable bonds is 7. The smallest absolute Gasteiger partial charge is 0.408 e. The Morgan fingerprint density at radius 1 is 1.20 bits per heavy atom. The molecule has 1 unspecified atom stereocenters. The molecule has 1 atom stereocenters. The first-order valence-corrected chi connectivity index (χ1v) is 7.93. The average molecular weight is 351 g/mol. The highest BCUT2D eigenvalue weighted by atomic mass is 16.6. The van der Waals surface area contributed by atoms with Crippen LogP contribution in [-0.4, -0.2) is 43.2 Å². The molecular formula is C18H25NO6. The van der Waals surface area contributed by atoms with Crippen LogP contribution in [0.5, 0.6) is 5.75 Å². The molecule has 1 aromatic carbocycles. The second-order valence-electron chi connectivity index (χ2n) is 6.44. The van der Waals surface area contributed by atoms with E-state index in [-0.39, 0.29) is 18.8 Å². The van der Waals surface area contributed by atoms with Gasteiger partial charge in [-0.05, 0) is 39.8 Å². The van der Waals surface area contributed by atoms with Gasteiger partial charge in [-0.25, -0.2) is 9.59 Å². The standard InChI is InChI=1S/C18H25NO6/c1-12(20)13-7-6-8-14(11-13)24-10-9-15(16(21)23-5)19-17(22)25-18(2,3)4/h6-8,11,15H,9-10H2,1-5H3,(H,19,22). The zero-order valence-corrected chi connectivity index (χ0v) is 15.3. The summed E-state index contributed by atoms with van der Waals surface area (Å²) in [6, 6.07) is 5.84. The van der Waals surface area contributed by atoms with Gasteiger partial charge in [0.15, 0.2) is 5.78 Å². The van der Waals surface area contributed by atoms with E-state index < -0.39 is 23.7 Å². The molecule has 0 aliphatic heterocycles. The first-order chi connectivity index (χ1) is 11.6. The van der Waals surface area contributed by atoms with Crippen molar-refractivity contribution in [1.29, 1.82) is 0 Å². The van der Waals surface area contributed by atoms with Gasteiger partial charge in [-0.2, -0.15) is 0 Å². The van der Waals surface area contributed by atoms with Gasteiger partial charge >= 0.3 is 12.1 Å². The zero-order valence-electron chi connectivity index (χ0n) is 15.3. The van der Waals surface area contributed by atoms with Gasteiger partial charge in [0.2, 0.25) is 0 Å². The maximum absolute atomic E-state index is 11.8. The molecule has 0 bridgehead atoms. The van der Waals surface area contributed by atoms with E-state index in [0.717, 1.165) is 0 Å². The van der Waals surface area contributed by atoms with Gasteiger partial charge in [-0.3, -0.25) is 4.79 Å². The Labute approximate surface area is 147 Å². The van der Waals surface area contributed by atoms with Crippen molar-refractivity contribution in [2.45, 2.75) is 45.8 Å². The van der Waals surface area contributed by atoms with Crippen molar-refractivity contribution in [1.82, 2.24) is 5.32 Å². The van der Waals surface area contributed by atoms with Gasteiger partial charge in [0.1, 0.15) is 17.4 Å². The number of hydrogen-bond acceptors (Lipinski definition) is 6. The first-order valence-electron chi connectivity index (χ1n) is 7.93. The monoisotopic (exact) mass is 351 g/mol. The van der Waals surface area contributed by atoms with Gasteiger partial charge < -0.3 is 19.5 Å². The van der Waals surface area contributed by atoms with Crippen molar-refractivity contribution in [2.75, 3.05) is 13.7 Å². The van der Waals surface area contributed by atoms with E-state index in [1.54, 1.807) is 45.0 Å². The number of Topliss-reactive ketones (excluding diaryl/α,β-unsaturated/α-hetero) is 1. The van der Waals surface area contributed by atoms with E-state index in [4.69, 9.17) is 9.47 Å². The van der Waals surface area contributed by atoms with Crippen LogP contribution in [0.15, 0.2) is 24.3 Å². The first kappa shape index (κ1) is 20.5. The second kappa shape index (κ2) is 9.05. The van der Waals surface area contributed by atoms with Crippen molar-refractivity contribution in [3.8, 4) is 5.75 Å². The van der Waals surface area contributed by atoms with E-state index in [0.29, 0.717) is 11.3 Å². The molecule has 0 saturated carbocycles. The molecule has 138 valence electrons. The molecular weight excluding hydrogens is 326 g/mol. The van der Waals surface area contributed by atoms with Crippen molar-refractivity contribution in [2.24, 2.45) is 0 Å². The molecule has 25 heavy (non-hydrogen) atoms. The minimum Gasteiger partial charge on any atom is -0.493 e. The van der Waals surface area contributed by atoms with E-state index in [1.807, 2.05) is 0 Å². The number of esters is 1. The predicted molar refractivity (Wildman–Crippen MR) is 91.7 cm³/mol. The Morgan fingerprint density at radius 2 is 1.88 bits per heavy atom. The molecule has 1 N–H and O–H groups in total. The fraction of sp³-hybridized carbons (Fsp3) is 0.500. The number of ketones is 1. The number of ether oxygens (including phenoxy) is 3. The van der Waals surface area contributed by atoms with Crippen molar-refractivity contribution >= 4 is 17.8 Å². The SMILES string of the molecule is COC(=O)C(CCOc1cccc(C(C)=O)c1)NC(=O)OC(C)(C)C. The molecule has 0 aliphatic rings. The van der Waals surface area contributed by atoms with E-state index in [2.05, 4.69) is 10.1 Å². The van der Waals surface area contributed by atoms with Crippen LogP contribution in [-0.2, 0) is 14.3 Å². The zero-order chi connectivity index (χ0) is 19.0. The van der Waals surface area contributed by atoms with Crippen LogP contribution >= 0.6 is 0 Å². The van der Waals surface area contributed by atoms with Crippen LogP contribution in [0.3, 0.4) is 0 Å². The molecule has 0 spiro atoms. The Hall–Kier alpha value is -2.57. The molecule has 0 aromatic heterocycles. The Balaban J connectivity index is 2.61. The minimum atomic E-state index is -0.893. The van der Waals surface area contributed by atoms with E-state index >= 15 is 0 Å². The molecule has 0 radical (unpaired) electrons. The van der Waals surface area contributed by atoms with Crippen molar-refractivity contribution in [3.63, 3.8) is 0 Å². The molecule has 0 aliphatic carbocycles. The molecule has 7 heteroatoms. The van der Waals surface area contributed by atoms with Crippen LogP contribution in [0.25, 0.3) is 0 Å². The third kappa shape index (κ3) is 7.69. The van der Waals surface area contributed by atoms with Gasteiger partial charge in [-0.15, -0.1) is 0 Å². The summed E-state index contributed by atoms with van der Waals surface area (Å²) in [6.45, 7) is 6.80. The van der Waals surface area contributed by atoms with Crippen LogP contribution in [0.1, 0.15) is 44.5 Å². The molecule has 0 saturated heterocycles. The molecule has 1 aromatic rings. The largest absolute Gasteiger partial charge is 0.493 e. The Morgan fingerprint density at radius 3 is 2.44 bits per heavy atom. The summed E-state index contributed by atoms with van der Waals surface area (Å²) in [5.74, 6) is -0.148. The number of benzene rings is 1. The number of carbonyl (C=O) groups is 3. The highest BCUT2D eigenvalue weighted by molar-refractivity contribution is 5.94. The van der Waals surface area contributed by atoms with Crippen LogP contribution < -0.4 is 10.1 Å². The Bertz CT molecular complexity index is 620. The molecule has 7 nitrogen and oxygen atoms in total. The van der Waals surface area contributed by atoms with Gasteiger partial charge in [-0.1, -0.05) is 12.1 Å².